The van der Waals surface area contributed by atoms with Gasteiger partial charge in [0.2, 0.25) is 0 Å². The van der Waals surface area contributed by atoms with Gasteiger partial charge in [-0.2, -0.15) is 13.2 Å². The van der Waals surface area contributed by atoms with Crippen molar-refractivity contribution >= 4 is 6.09 Å². The van der Waals surface area contributed by atoms with Crippen molar-refractivity contribution in [2.75, 3.05) is 39.3 Å². The fraction of sp³-hybridized carbons (Fsp3) is 0.917. The van der Waals surface area contributed by atoms with Gasteiger partial charge in [-0.15, -0.1) is 0 Å². The number of halogens is 3. The van der Waals surface area contributed by atoms with Gasteiger partial charge in [-0.1, -0.05) is 13.8 Å². The highest BCUT2D eigenvalue weighted by atomic mass is 19.4. The lowest BCUT2D eigenvalue weighted by atomic mass is 10.2. The summed E-state index contributed by atoms with van der Waals surface area (Å²) in [7, 11) is 0. The molecular weight excluding hydrogens is 277 g/mol. The van der Waals surface area contributed by atoms with Crippen molar-refractivity contribution in [3.8, 4) is 0 Å². The standard InChI is InChI=1S/C12H21F3N2O3/c1-9(2)8-20-11(19)17-5-3-16(4-6-17)7-10(18)12(13,14)15/h9-10,18H,3-8H2,1-2H3/t10-/m0/s1. The highest BCUT2D eigenvalue weighted by Gasteiger charge is 2.39. The molecule has 0 saturated carbocycles. The number of hydrogen-bond donors (Lipinski definition) is 1. The molecule has 0 aromatic heterocycles. The Bertz CT molecular complexity index is 316. The molecule has 5 nitrogen and oxygen atoms in total. The van der Waals surface area contributed by atoms with Crippen molar-refractivity contribution in [2.45, 2.75) is 26.1 Å². The molecule has 0 aliphatic carbocycles. The first-order valence-electron chi connectivity index (χ1n) is 6.59. The first kappa shape index (κ1) is 17.0. The van der Waals surface area contributed by atoms with E-state index in [-0.39, 0.29) is 5.92 Å². The van der Waals surface area contributed by atoms with E-state index in [0.717, 1.165) is 0 Å². The molecule has 1 rings (SSSR count). The number of piperazine rings is 1. The van der Waals surface area contributed by atoms with Crippen LogP contribution in [-0.2, 0) is 4.74 Å². The van der Waals surface area contributed by atoms with Gasteiger partial charge >= 0.3 is 12.3 Å². The van der Waals surface area contributed by atoms with Gasteiger partial charge in [-0.25, -0.2) is 4.79 Å². The molecule has 20 heavy (non-hydrogen) atoms. The minimum atomic E-state index is -4.60. The zero-order chi connectivity index (χ0) is 15.3. The third-order valence-corrected chi connectivity index (χ3v) is 2.98. The zero-order valence-corrected chi connectivity index (χ0v) is 11.7. The summed E-state index contributed by atoms with van der Waals surface area (Å²) < 4.78 is 41.7. The number of ether oxygens (including phenoxy) is 1. The van der Waals surface area contributed by atoms with Crippen molar-refractivity contribution in [3.05, 3.63) is 0 Å². The maximum atomic E-state index is 12.2. The molecule has 1 aliphatic heterocycles. The van der Waals surface area contributed by atoms with Crippen LogP contribution in [0.4, 0.5) is 18.0 Å². The van der Waals surface area contributed by atoms with E-state index in [1.165, 1.54) is 9.80 Å². The molecule has 0 spiro atoms. The Kier molecular flexibility index (Phi) is 6.07. The summed E-state index contributed by atoms with van der Waals surface area (Å²) in [4.78, 5) is 14.6. The van der Waals surface area contributed by atoms with Gasteiger partial charge in [0.15, 0.2) is 6.10 Å². The quantitative estimate of drug-likeness (QED) is 0.850. The van der Waals surface area contributed by atoms with Crippen LogP contribution in [0.3, 0.4) is 0 Å². The van der Waals surface area contributed by atoms with Crippen LogP contribution < -0.4 is 0 Å². The molecule has 0 unspecified atom stereocenters. The molecule has 1 amide bonds. The molecule has 0 aromatic rings. The molecule has 1 atom stereocenters. The van der Waals surface area contributed by atoms with Gasteiger partial charge in [0.1, 0.15) is 0 Å². The number of carbonyl (C=O) groups excluding carboxylic acids is 1. The molecule has 1 saturated heterocycles. The Labute approximate surface area is 116 Å². The number of amides is 1. The molecule has 8 heteroatoms. The maximum absolute atomic E-state index is 12.2. The maximum Gasteiger partial charge on any atom is 0.415 e. The van der Waals surface area contributed by atoms with Crippen LogP contribution in [0.25, 0.3) is 0 Å². The van der Waals surface area contributed by atoms with Crippen molar-refractivity contribution in [1.82, 2.24) is 9.80 Å². The summed E-state index contributed by atoms with van der Waals surface area (Å²) in [6, 6.07) is 0. The highest BCUT2D eigenvalue weighted by Crippen LogP contribution is 2.21. The average molecular weight is 298 g/mol. The number of aliphatic hydroxyl groups excluding tert-OH is 1. The van der Waals surface area contributed by atoms with E-state index in [2.05, 4.69) is 0 Å². The van der Waals surface area contributed by atoms with Crippen LogP contribution in [0.1, 0.15) is 13.8 Å². The first-order chi connectivity index (χ1) is 9.20. The number of nitrogens with zero attached hydrogens (tertiary/aromatic N) is 2. The molecule has 0 aromatic carbocycles. The number of β-amino-alcohol motifs (C(OH)–C–C–N with tert-alkyl or cyclic N) is 1. The Hall–Kier alpha value is -1.02. The van der Waals surface area contributed by atoms with Gasteiger partial charge in [0.25, 0.3) is 0 Å². The summed E-state index contributed by atoms with van der Waals surface area (Å²) in [5, 5.41) is 8.99. The Morgan fingerprint density at radius 3 is 2.25 bits per heavy atom. The van der Waals surface area contributed by atoms with E-state index in [0.29, 0.717) is 32.8 Å². The van der Waals surface area contributed by atoms with E-state index >= 15 is 0 Å². The number of alkyl halides is 3. The molecule has 1 aliphatic rings. The van der Waals surface area contributed by atoms with Gasteiger partial charge in [0, 0.05) is 32.7 Å². The largest absolute Gasteiger partial charge is 0.449 e. The molecule has 118 valence electrons. The van der Waals surface area contributed by atoms with Gasteiger partial charge in [0.05, 0.1) is 6.61 Å². The Morgan fingerprint density at radius 2 is 1.80 bits per heavy atom. The fourth-order valence-electron chi connectivity index (χ4n) is 1.79. The highest BCUT2D eigenvalue weighted by molar-refractivity contribution is 5.67. The summed E-state index contributed by atoms with van der Waals surface area (Å²) in [6.45, 7) is 4.91. The summed E-state index contributed by atoms with van der Waals surface area (Å²) >= 11 is 0. The Balaban J connectivity index is 2.31. The second-order valence-corrected chi connectivity index (χ2v) is 5.32. The number of aliphatic hydroxyl groups is 1. The second-order valence-electron chi connectivity index (χ2n) is 5.32. The zero-order valence-electron chi connectivity index (χ0n) is 11.7. The van der Waals surface area contributed by atoms with E-state index in [9.17, 15) is 18.0 Å². The number of rotatable bonds is 4. The van der Waals surface area contributed by atoms with Crippen LogP contribution >= 0.6 is 0 Å². The number of carbonyl (C=O) groups is 1. The predicted octanol–water partition coefficient (Wildman–Crippen LogP) is 1.32. The molecule has 0 bridgehead atoms. The summed E-state index contributed by atoms with van der Waals surface area (Å²) in [5.74, 6) is 0.238. The predicted molar refractivity (Wildman–Crippen MR) is 66.3 cm³/mol. The van der Waals surface area contributed by atoms with Gasteiger partial charge < -0.3 is 14.7 Å². The molecule has 1 heterocycles. The lowest BCUT2D eigenvalue weighted by molar-refractivity contribution is -0.208. The first-order valence-corrected chi connectivity index (χ1v) is 6.59. The van der Waals surface area contributed by atoms with Crippen molar-refractivity contribution in [1.29, 1.82) is 0 Å². The van der Waals surface area contributed by atoms with Crippen molar-refractivity contribution < 1.29 is 27.8 Å². The molecule has 0 radical (unpaired) electrons. The Morgan fingerprint density at radius 1 is 1.25 bits per heavy atom. The van der Waals surface area contributed by atoms with Crippen molar-refractivity contribution in [3.63, 3.8) is 0 Å². The van der Waals surface area contributed by atoms with E-state index in [1.54, 1.807) is 0 Å². The van der Waals surface area contributed by atoms with Crippen LogP contribution in [0.5, 0.6) is 0 Å². The van der Waals surface area contributed by atoms with Crippen LogP contribution in [0.2, 0.25) is 0 Å². The smallest absolute Gasteiger partial charge is 0.415 e. The third-order valence-electron chi connectivity index (χ3n) is 2.98. The lowest BCUT2D eigenvalue weighted by Crippen LogP contribution is -2.52. The minimum absolute atomic E-state index is 0.238. The normalized spacial score (nSPS) is 19.2. The summed E-state index contributed by atoms with van der Waals surface area (Å²) in [6.07, 6.45) is -7.38. The molecule has 1 N–H and O–H groups in total. The third kappa shape index (κ3) is 5.54. The topological polar surface area (TPSA) is 53.0 Å². The SMILES string of the molecule is CC(C)COC(=O)N1CCN(C[C@H](O)C(F)(F)F)CC1. The summed E-state index contributed by atoms with van der Waals surface area (Å²) in [5.41, 5.74) is 0. The van der Waals surface area contributed by atoms with Gasteiger partial charge in [-0.05, 0) is 5.92 Å². The van der Waals surface area contributed by atoms with Gasteiger partial charge in [-0.3, -0.25) is 4.90 Å². The van der Waals surface area contributed by atoms with Crippen LogP contribution in [0.15, 0.2) is 0 Å². The van der Waals surface area contributed by atoms with E-state index < -0.39 is 24.9 Å². The van der Waals surface area contributed by atoms with Crippen LogP contribution in [0, 0.1) is 5.92 Å². The van der Waals surface area contributed by atoms with E-state index in [1.807, 2.05) is 13.8 Å². The number of hydrogen-bond acceptors (Lipinski definition) is 4. The minimum Gasteiger partial charge on any atom is -0.449 e. The molecule has 1 fully saturated rings. The monoisotopic (exact) mass is 298 g/mol. The fourth-order valence-corrected chi connectivity index (χ4v) is 1.79. The average Bonchev–Trinajstić information content (AvgIpc) is 2.35. The van der Waals surface area contributed by atoms with Crippen LogP contribution in [-0.4, -0.2) is 72.6 Å². The van der Waals surface area contributed by atoms with E-state index in [4.69, 9.17) is 9.84 Å². The lowest BCUT2D eigenvalue weighted by Gasteiger charge is -2.35. The van der Waals surface area contributed by atoms with Crippen molar-refractivity contribution in [2.24, 2.45) is 5.92 Å². The molecular formula is C12H21F3N2O3. The second kappa shape index (κ2) is 7.12.